The Kier molecular flexibility index (Phi) is 4.99. The van der Waals surface area contributed by atoms with Gasteiger partial charge < -0.3 is 9.80 Å². The van der Waals surface area contributed by atoms with Gasteiger partial charge in [-0.05, 0) is 32.1 Å². The molecule has 1 aliphatic heterocycles. The van der Waals surface area contributed by atoms with Gasteiger partial charge in [0.05, 0.1) is 12.1 Å². The molecule has 0 spiro atoms. The minimum Gasteiger partial charge on any atom is -0.339 e. The van der Waals surface area contributed by atoms with Crippen molar-refractivity contribution in [1.29, 1.82) is 10.5 Å². The first-order valence-corrected chi connectivity index (χ1v) is 9.48. The van der Waals surface area contributed by atoms with Gasteiger partial charge in [0.25, 0.3) is 0 Å². The third-order valence-corrected chi connectivity index (χ3v) is 6.23. The zero-order valence-electron chi connectivity index (χ0n) is 14.8. The molecule has 0 aromatic rings. The molecule has 2 amide bonds. The lowest BCUT2D eigenvalue weighted by Gasteiger charge is -2.30. The third kappa shape index (κ3) is 3.11. The van der Waals surface area contributed by atoms with Crippen LogP contribution < -0.4 is 0 Å². The van der Waals surface area contributed by atoms with Gasteiger partial charge >= 0.3 is 0 Å². The van der Waals surface area contributed by atoms with E-state index in [2.05, 4.69) is 12.1 Å². The Morgan fingerprint density at radius 3 is 1.32 bits per heavy atom. The summed E-state index contributed by atoms with van der Waals surface area (Å²) in [6, 6.07) is 4.55. The highest BCUT2D eigenvalue weighted by Gasteiger charge is 2.46. The number of rotatable bonds is 2. The largest absolute Gasteiger partial charge is 0.339 e. The summed E-state index contributed by atoms with van der Waals surface area (Å²) >= 11 is 0. The van der Waals surface area contributed by atoms with Crippen LogP contribution in [0.25, 0.3) is 0 Å². The summed E-state index contributed by atoms with van der Waals surface area (Å²) in [4.78, 5) is 29.4. The molecule has 0 atom stereocenters. The third-order valence-electron chi connectivity index (χ3n) is 6.23. The highest BCUT2D eigenvalue weighted by Crippen LogP contribution is 2.40. The van der Waals surface area contributed by atoms with Gasteiger partial charge in [0, 0.05) is 26.2 Å². The van der Waals surface area contributed by atoms with Gasteiger partial charge in [-0.25, -0.2) is 0 Å². The van der Waals surface area contributed by atoms with Crippen LogP contribution in [0.2, 0.25) is 0 Å². The van der Waals surface area contributed by atoms with Gasteiger partial charge in [-0.3, -0.25) is 9.59 Å². The van der Waals surface area contributed by atoms with Gasteiger partial charge in [-0.2, -0.15) is 10.5 Å². The maximum absolute atomic E-state index is 12.9. The van der Waals surface area contributed by atoms with E-state index in [0.29, 0.717) is 58.3 Å². The molecule has 0 radical (unpaired) electrons. The zero-order valence-corrected chi connectivity index (χ0v) is 14.8. The predicted octanol–water partition coefficient (Wildman–Crippen LogP) is 2.22. The topological polar surface area (TPSA) is 88.2 Å². The molecule has 6 nitrogen and oxygen atoms in total. The molecule has 3 aliphatic rings. The molecule has 0 N–H and O–H groups in total. The molecule has 0 bridgehead atoms. The van der Waals surface area contributed by atoms with E-state index in [0.717, 1.165) is 25.7 Å². The van der Waals surface area contributed by atoms with Gasteiger partial charge in [0.15, 0.2) is 0 Å². The van der Waals surface area contributed by atoms with Crippen LogP contribution in [-0.2, 0) is 9.59 Å². The summed E-state index contributed by atoms with van der Waals surface area (Å²) < 4.78 is 0. The zero-order chi connectivity index (χ0) is 17.9. The van der Waals surface area contributed by atoms with Crippen LogP contribution in [0.1, 0.15) is 57.8 Å². The second-order valence-corrected chi connectivity index (χ2v) is 7.74. The first-order valence-electron chi connectivity index (χ1n) is 9.48. The van der Waals surface area contributed by atoms with Crippen molar-refractivity contribution in [1.82, 2.24) is 9.80 Å². The second-order valence-electron chi connectivity index (χ2n) is 7.74. The van der Waals surface area contributed by atoms with Crippen molar-refractivity contribution in [2.75, 3.05) is 26.2 Å². The first kappa shape index (κ1) is 17.7. The van der Waals surface area contributed by atoms with Crippen LogP contribution in [0, 0.1) is 33.5 Å². The van der Waals surface area contributed by atoms with Crippen molar-refractivity contribution >= 4 is 11.8 Å². The van der Waals surface area contributed by atoms with E-state index < -0.39 is 10.8 Å². The van der Waals surface area contributed by atoms with E-state index in [1.54, 1.807) is 9.80 Å². The standard InChI is InChI=1S/C19H26N4O2/c20-14-18(6-1-2-7-18)16(24)22-10-5-11-23(13-12-22)17(25)19(15-21)8-3-4-9-19/h1-13H2. The molecular weight excluding hydrogens is 316 g/mol. The van der Waals surface area contributed by atoms with Crippen molar-refractivity contribution in [3.63, 3.8) is 0 Å². The van der Waals surface area contributed by atoms with Gasteiger partial charge in [-0.15, -0.1) is 0 Å². The number of hydrogen-bond acceptors (Lipinski definition) is 4. The van der Waals surface area contributed by atoms with Crippen molar-refractivity contribution in [3.05, 3.63) is 0 Å². The molecule has 6 heteroatoms. The average Bonchev–Trinajstić information content (AvgIpc) is 3.26. The minimum absolute atomic E-state index is 0.0577. The van der Waals surface area contributed by atoms with Crippen molar-refractivity contribution in [2.45, 2.75) is 57.8 Å². The predicted molar refractivity (Wildman–Crippen MR) is 90.8 cm³/mol. The fourth-order valence-corrected chi connectivity index (χ4v) is 4.63. The van der Waals surface area contributed by atoms with Crippen molar-refractivity contribution in [3.8, 4) is 12.1 Å². The summed E-state index contributed by atoms with van der Waals surface area (Å²) in [5.41, 5.74) is -1.70. The van der Waals surface area contributed by atoms with Gasteiger partial charge in [-0.1, -0.05) is 25.7 Å². The summed E-state index contributed by atoms with van der Waals surface area (Å²) in [5.74, 6) is -0.115. The summed E-state index contributed by atoms with van der Waals surface area (Å²) in [7, 11) is 0. The van der Waals surface area contributed by atoms with Crippen molar-refractivity contribution in [2.24, 2.45) is 10.8 Å². The number of carbonyl (C=O) groups is 2. The monoisotopic (exact) mass is 342 g/mol. The number of hydrogen-bond donors (Lipinski definition) is 0. The van der Waals surface area contributed by atoms with Crippen LogP contribution in [-0.4, -0.2) is 47.8 Å². The molecule has 1 heterocycles. The lowest BCUT2D eigenvalue weighted by Crippen LogP contribution is -2.46. The van der Waals surface area contributed by atoms with Crippen LogP contribution in [0.5, 0.6) is 0 Å². The fourth-order valence-electron chi connectivity index (χ4n) is 4.63. The Morgan fingerprint density at radius 2 is 1.00 bits per heavy atom. The molecule has 0 aromatic heterocycles. The van der Waals surface area contributed by atoms with Gasteiger partial charge in [0.2, 0.25) is 11.8 Å². The quantitative estimate of drug-likeness (QED) is 0.769. The van der Waals surface area contributed by atoms with Crippen molar-refractivity contribution < 1.29 is 9.59 Å². The Balaban J connectivity index is 1.67. The van der Waals surface area contributed by atoms with E-state index in [1.807, 2.05) is 0 Å². The molecule has 25 heavy (non-hydrogen) atoms. The van der Waals surface area contributed by atoms with E-state index in [9.17, 15) is 20.1 Å². The summed E-state index contributed by atoms with van der Waals surface area (Å²) in [6.07, 6.45) is 7.05. The molecule has 134 valence electrons. The highest BCUT2D eigenvalue weighted by molar-refractivity contribution is 5.87. The average molecular weight is 342 g/mol. The SMILES string of the molecule is N#CC1(C(=O)N2CCCN(C(=O)C3(C#N)CCCC3)CC2)CCCC1. The van der Waals surface area contributed by atoms with Crippen LogP contribution in [0.4, 0.5) is 0 Å². The lowest BCUT2D eigenvalue weighted by atomic mass is 9.86. The summed E-state index contributed by atoms with van der Waals surface area (Å²) in [5, 5.41) is 19.1. The lowest BCUT2D eigenvalue weighted by molar-refractivity contribution is -0.141. The second kappa shape index (κ2) is 7.04. The highest BCUT2D eigenvalue weighted by atomic mass is 16.2. The Hall–Kier alpha value is -2.08. The molecule has 3 fully saturated rings. The molecule has 2 aliphatic carbocycles. The smallest absolute Gasteiger partial charge is 0.243 e. The fraction of sp³-hybridized carbons (Fsp3) is 0.789. The van der Waals surface area contributed by atoms with E-state index in [-0.39, 0.29) is 11.8 Å². The first-order chi connectivity index (χ1) is 12.1. The molecule has 2 saturated carbocycles. The molecule has 0 unspecified atom stereocenters. The van der Waals surface area contributed by atoms with Crippen LogP contribution in [0.15, 0.2) is 0 Å². The molecular formula is C19H26N4O2. The molecule has 0 aromatic carbocycles. The Labute approximate surface area is 149 Å². The van der Waals surface area contributed by atoms with E-state index in [1.165, 1.54) is 0 Å². The number of carbonyl (C=O) groups excluding carboxylic acids is 2. The van der Waals surface area contributed by atoms with E-state index >= 15 is 0 Å². The number of nitriles is 2. The number of nitrogens with zero attached hydrogens (tertiary/aromatic N) is 4. The van der Waals surface area contributed by atoms with Crippen LogP contribution in [0.3, 0.4) is 0 Å². The maximum atomic E-state index is 12.9. The molecule has 1 saturated heterocycles. The number of amides is 2. The maximum Gasteiger partial charge on any atom is 0.243 e. The normalized spacial score (nSPS) is 25.0. The Bertz CT molecular complexity index is 564. The minimum atomic E-state index is -0.849. The van der Waals surface area contributed by atoms with E-state index in [4.69, 9.17) is 0 Å². The summed E-state index contributed by atoms with van der Waals surface area (Å²) in [6.45, 7) is 2.11. The van der Waals surface area contributed by atoms with Gasteiger partial charge in [0.1, 0.15) is 10.8 Å². The van der Waals surface area contributed by atoms with Crippen LogP contribution >= 0.6 is 0 Å². The molecule has 3 rings (SSSR count). The Morgan fingerprint density at radius 1 is 0.640 bits per heavy atom.